The number of imidazole rings is 1. The molecule has 0 aliphatic heterocycles. The van der Waals surface area contributed by atoms with E-state index < -0.39 is 0 Å². The van der Waals surface area contributed by atoms with Crippen molar-refractivity contribution in [2.45, 2.75) is 26.2 Å². The third-order valence-electron chi connectivity index (χ3n) is 2.70. The smallest absolute Gasteiger partial charge is 0.166 e. The van der Waals surface area contributed by atoms with Gasteiger partial charge in [-0.1, -0.05) is 20.8 Å². The quantitative estimate of drug-likeness (QED) is 0.816. The number of aromatic nitrogens is 2. The molecule has 0 atom stereocenters. The van der Waals surface area contributed by atoms with Crippen LogP contribution in [0.1, 0.15) is 32.3 Å². The molecular weight excluding hydrogens is 212 g/mol. The molecule has 17 heavy (non-hydrogen) atoms. The van der Waals surface area contributed by atoms with Gasteiger partial charge < -0.3 is 5.32 Å². The number of nitrogens with zero attached hydrogens (tertiary/aromatic N) is 3. The average molecular weight is 228 g/mol. The predicted molar refractivity (Wildman–Crippen MR) is 68.2 cm³/mol. The fourth-order valence-electron chi connectivity index (χ4n) is 1.85. The minimum atomic E-state index is -0.0929. The molecule has 0 saturated carbocycles. The minimum absolute atomic E-state index is 0.0929. The number of nitriles is 1. The van der Waals surface area contributed by atoms with E-state index in [-0.39, 0.29) is 5.41 Å². The van der Waals surface area contributed by atoms with Crippen LogP contribution in [0.15, 0.2) is 18.3 Å². The lowest BCUT2D eigenvalue weighted by Gasteiger charge is -2.17. The van der Waals surface area contributed by atoms with Crippen molar-refractivity contribution in [3.05, 3.63) is 29.8 Å². The van der Waals surface area contributed by atoms with E-state index in [0.717, 1.165) is 17.0 Å². The van der Waals surface area contributed by atoms with E-state index in [1.807, 2.05) is 29.8 Å². The number of rotatable bonds is 1. The molecule has 0 unspecified atom stereocenters. The summed E-state index contributed by atoms with van der Waals surface area (Å²) in [6.07, 6.45) is 1.98. The van der Waals surface area contributed by atoms with Crippen molar-refractivity contribution >= 4 is 11.2 Å². The molecule has 0 aromatic carbocycles. The zero-order chi connectivity index (χ0) is 12.6. The Morgan fingerprint density at radius 2 is 2.06 bits per heavy atom. The van der Waals surface area contributed by atoms with Gasteiger partial charge in [-0.15, -0.1) is 0 Å². The van der Waals surface area contributed by atoms with Crippen molar-refractivity contribution in [3.8, 4) is 6.07 Å². The Morgan fingerprint density at radius 1 is 1.35 bits per heavy atom. The third-order valence-corrected chi connectivity index (χ3v) is 2.70. The average Bonchev–Trinajstić information content (AvgIpc) is 2.66. The first-order valence-electron chi connectivity index (χ1n) is 5.58. The molecule has 2 heterocycles. The van der Waals surface area contributed by atoms with Crippen LogP contribution in [-0.4, -0.2) is 16.4 Å². The molecule has 4 heteroatoms. The predicted octanol–water partition coefficient (Wildman–Crippen LogP) is 2.55. The van der Waals surface area contributed by atoms with Gasteiger partial charge in [0.05, 0.1) is 11.2 Å². The maximum absolute atomic E-state index is 9.10. The lowest BCUT2D eigenvalue weighted by atomic mass is 9.96. The lowest BCUT2D eigenvalue weighted by Crippen LogP contribution is -2.16. The van der Waals surface area contributed by atoms with Crippen molar-refractivity contribution in [2.24, 2.45) is 0 Å². The van der Waals surface area contributed by atoms with Crippen LogP contribution in [0.3, 0.4) is 0 Å². The Balaban J connectivity index is 2.80. The molecule has 0 radical (unpaired) electrons. The molecule has 0 amide bonds. The number of fused-ring (bicyclic) bond motifs is 1. The first-order chi connectivity index (χ1) is 7.97. The Hall–Kier alpha value is -2.02. The standard InChI is InChI=1S/C13H16N4/c1-13(2,3)12-16-10(7-14)11-6-5-9(15-4)8-17(11)12/h5-6,8,15H,1-4H3. The van der Waals surface area contributed by atoms with Gasteiger partial charge in [-0.25, -0.2) is 4.98 Å². The van der Waals surface area contributed by atoms with E-state index in [9.17, 15) is 0 Å². The fourth-order valence-corrected chi connectivity index (χ4v) is 1.85. The molecule has 0 aliphatic carbocycles. The van der Waals surface area contributed by atoms with Gasteiger partial charge in [-0.3, -0.25) is 4.40 Å². The molecule has 4 nitrogen and oxygen atoms in total. The van der Waals surface area contributed by atoms with Crippen molar-refractivity contribution in [3.63, 3.8) is 0 Å². The first kappa shape index (κ1) is 11.5. The molecule has 0 fully saturated rings. The lowest BCUT2D eigenvalue weighted by molar-refractivity contribution is 0.543. The number of hydrogen-bond acceptors (Lipinski definition) is 3. The summed E-state index contributed by atoms with van der Waals surface area (Å²) in [5.41, 5.74) is 2.25. The van der Waals surface area contributed by atoms with Crippen LogP contribution < -0.4 is 5.32 Å². The summed E-state index contributed by atoms with van der Waals surface area (Å²) in [4.78, 5) is 4.43. The van der Waals surface area contributed by atoms with E-state index in [4.69, 9.17) is 5.26 Å². The van der Waals surface area contributed by atoms with E-state index >= 15 is 0 Å². The zero-order valence-corrected chi connectivity index (χ0v) is 10.6. The summed E-state index contributed by atoms with van der Waals surface area (Å²) in [5.74, 6) is 0.904. The highest BCUT2D eigenvalue weighted by molar-refractivity contribution is 5.62. The molecular formula is C13H16N4. The second-order valence-corrected chi connectivity index (χ2v) is 5.07. The van der Waals surface area contributed by atoms with Gasteiger partial charge in [-0.05, 0) is 12.1 Å². The van der Waals surface area contributed by atoms with E-state index in [0.29, 0.717) is 5.69 Å². The summed E-state index contributed by atoms with van der Waals surface area (Å²) >= 11 is 0. The summed E-state index contributed by atoms with van der Waals surface area (Å²) in [7, 11) is 1.88. The van der Waals surface area contributed by atoms with E-state index in [1.165, 1.54) is 0 Å². The Kier molecular flexibility index (Phi) is 2.55. The summed E-state index contributed by atoms with van der Waals surface area (Å²) < 4.78 is 1.99. The van der Waals surface area contributed by atoms with Gasteiger partial charge in [-0.2, -0.15) is 5.26 Å². The molecule has 0 aliphatic rings. The maximum Gasteiger partial charge on any atom is 0.166 e. The summed E-state index contributed by atoms with van der Waals surface area (Å²) in [5, 5.41) is 12.2. The van der Waals surface area contributed by atoms with Gasteiger partial charge in [0.25, 0.3) is 0 Å². The van der Waals surface area contributed by atoms with E-state index in [1.54, 1.807) is 0 Å². The van der Waals surface area contributed by atoms with Gasteiger partial charge >= 0.3 is 0 Å². The third kappa shape index (κ3) is 1.84. The van der Waals surface area contributed by atoms with Crippen molar-refractivity contribution in [1.82, 2.24) is 9.38 Å². The van der Waals surface area contributed by atoms with Gasteiger partial charge in [0.1, 0.15) is 11.9 Å². The Morgan fingerprint density at radius 3 is 2.59 bits per heavy atom. The van der Waals surface area contributed by atoms with Crippen molar-refractivity contribution in [1.29, 1.82) is 5.26 Å². The fraction of sp³-hybridized carbons (Fsp3) is 0.385. The van der Waals surface area contributed by atoms with Crippen molar-refractivity contribution < 1.29 is 0 Å². The van der Waals surface area contributed by atoms with Crippen LogP contribution >= 0.6 is 0 Å². The molecule has 2 aromatic rings. The van der Waals surface area contributed by atoms with Gasteiger partial charge in [0, 0.05) is 18.7 Å². The number of hydrogen-bond donors (Lipinski definition) is 1. The topological polar surface area (TPSA) is 53.1 Å². The Labute approximate surface area is 101 Å². The first-order valence-corrected chi connectivity index (χ1v) is 5.58. The highest BCUT2D eigenvalue weighted by atomic mass is 15.0. The number of anilines is 1. The summed E-state index contributed by atoms with van der Waals surface area (Å²) in [6, 6.07) is 6.02. The minimum Gasteiger partial charge on any atom is -0.387 e. The maximum atomic E-state index is 9.10. The second-order valence-electron chi connectivity index (χ2n) is 5.07. The highest BCUT2D eigenvalue weighted by Crippen LogP contribution is 2.25. The summed E-state index contributed by atoms with van der Waals surface area (Å²) in [6.45, 7) is 6.28. The molecule has 2 aromatic heterocycles. The molecule has 88 valence electrons. The van der Waals surface area contributed by atoms with Crippen molar-refractivity contribution in [2.75, 3.05) is 12.4 Å². The molecule has 0 spiro atoms. The van der Waals surface area contributed by atoms with Gasteiger partial charge in [0.2, 0.25) is 0 Å². The van der Waals surface area contributed by atoms with Gasteiger partial charge in [0.15, 0.2) is 5.69 Å². The number of nitrogens with one attached hydrogen (secondary N) is 1. The number of pyridine rings is 1. The van der Waals surface area contributed by atoms with Crippen LogP contribution in [0.25, 0.3) is 5.52 Å². The molecule has 1 N–H and O–H groups in total. The monoisotopic (exact) mass is 228 g/mol. The molecule has 2 rings (SSSR count). The zero-order valence-electron chi connectivity index (χ0n) is 10.6. The Bertz CT molecular complexity index is 596. The largest absolute Gasteiger partial charge is 0.387 e. The van der Waals surface area contributed by atoms with Crippen LogP contribution in [0.4, 0.5) is 5.69 Å². The SMILES string of the molecule is CNc1ccc2c(C#N)nc(C(C)(C)C)n2c1. The molecule has 0 saturated heterocycles. The second kappa shape index (κ2) is 3.77. The normalized spacial score (nSPS) is 11.5. The van der Waals surface area contributed by atoms with Crippen LogP contribution in [-0.2, 0) is 5.41 Å². The van der Waals surface area contributed by atoms with Crippen LogP contribution in [0.5, 0.6) is 0 Å². The van der Waals surface area contributed by atoms with E-state index in [2.05, 4.69) is 37.1 Å². The van der Waals surface area contributed by atoms with Crippen LogP contribution in [0, 0.1) is 11.3 Å². The molecule has 0 bridgehead atoms. The highest BCUT2D eigenvalue weighted by Gasteiger charge is 2.22. The van der Waals surface area contributed by atoms with Crippen LogP contribution in [0.2, 0.25) is 0 Å².